The summed E-state index contributed by atoms with van der Waals surface area (Å²) in [7, 11) is 0. The molecular weight excluding hydrogens is 222 g/mol. The summed E-state index contributed by atoms with van der Waals surface area (Å²) in [6.07, 6.45) is 3.37. The van der Waals surface area contributed by atoms with Crippen molar-refractivity contribution in [3.63, 3.8) is 0 Å². The maximum atomic E-state index is 12.6. The van der Waals surface area contributed by atoms with Crippen LogP contribution in [0.2, 0.25) is 0 Å². The molecule has 1 aliphatic carbocycles. The predicted octanol–water partition coefficient (Wildman–Crippen LogP) is 3.74. The quantitative estimate of drug-likeness (QED) is 0.784. The van der Waals surface area contributed by atoms with E-state index >= 15 is 0 Å². The third-order valence-corrected chi connectivity index (χ3v) is 3.45. The third kappa shape index (κ3) is 2.28. The van der Waals surface area contributed by atoms with Crippen LogP contribution in [0.3, 0.4) is 0 Å². The van der Waals surface area contributed by atoms with Crippen LogP contribution in [0.1, 0.15) is 49.8 Å². The lowest BCUT2D eigenvalue weighted by atomic mass is 9.72. The van der Waals surface area contributed by atoms with E-state index in [2.05, 4.69) is 11.1 Å². The minimum atomic E-state index is -2.50. The fraction of sp³-hybridized carbons (Fsp3) is 0.538. The Hall–Kier alpha value is -1.50. The van der Waals surface area contributed by atoms with Crippen LogP contribution >= 0.6 is 0 Å². The molecule has 4 heteroatoms. The van der Waals surface area contributed by atoms with Gasteiger partial charge in [0.05, 0.1) is 17.2 Å². The Bertz CT molecular complexity index is 431. The van der Waals surface area contributed by atoms with Crippen molar-refractivity contribution in [1.29, 1.82) is 5.26 Å². The Morgan fingerprint density at radius 2 is 2.00 bits per heavy atom. The summed E-state index contributed by atoms with van der Waals surface area (Å²) in [6, 6.07) is 4.99. The lowest BCUT2D eigenvalue weighted by Crippen LogP contribution is -2.28. The van der Waals surface area contributed by atoms with E-state index in [4.69, 9.17) is 0 Å². The van der Waals surface area contributed by atoms with Gasteiger partial charge in [-0.1, -0.05) is 19.3 Å². The zero-order valence-corrected chi connectivity index (χ0v) is 9.50. The molecule has 90 valence electrons. The fourth-order valence-corrected chi connectivity index (χ4v) is 2.42. The molecule has 1 saturated carbocycles. The normalized spacial score (nSPS) is 18.9. The van der Waals surface area contributed by atoms with Gasteiger partial charge in [0.25, 0.3) is 6.43 Å². The van der Waals surface area contributed by atoms with E-state index in [0.717, 1.165) is 32.1 Å². The largest absolute Gasteiger partial charge is 0.263 e. The number of aromatic nitrogens is 1. The van der Waals surface area contributed by atoms with Gasteiger partial charge in [-0.2, -0.15) is 5.26 Å². The van der Waals surface area contributed by atoms with Gasteiger partial charge in [-0.15, -0.1) is 0 Å². The van der Waals surface area contributed by atoms with Crippen LogP contribution in [0.5, 0.6) is 0 Å². The Morgan fingerprint density at radius 3 is 2.59 bits per heavy atom. The molecule has 0 amide bonds. The summed E-state index contributed by atoms with van der Waals surface area (Å²) in [4.78, 5) is 4.13. The molecule has 2 nitrogen and oxygen atoms in total. The maximum Gasteiger partial charge on any atom is 0.263 e. The van der Waals surface area contributed by atoms with Gasteiger partial charge in [0, 0.05) is 11.8 Å². The standard InChI is InChI=1S/C13H14F2N2/c14-12(15)10-4-7-17-11(8-10)13(9-16)5-2-1-3-6-13/h4,7-8,12H,1-3,5-6H2. The van der Waals surface area contributed by atoms with Crippen LogP contribution in [0, 0.1) is 11.3 Å². The van der Waals surface area contributed by atoms with Crippen molar-refractivity contribution in [2.75, 3.05) is 0 Å². The van der Waals surface area contributed by atoms with Gasteiger partial charge in [-0.05, 0) is 25.0 Å². The number of hydrogen-bond donors (Lipinski definition) is 0. The van der Waals surface area contributed by atoms with Crippen LogP contribution in [0.4, 0.5) is 8.78 Å². The molecule has 0 unspecified atom stereocenters. The molecule has 0 saturated heterocycles. The minimum absolute atomic E-state index is 0.0461. The molecule has 0 bridgehead atoms. The van der Waals surface area contributed by atoms with Gasteiger partial charge in [-0.3, -0.25) is 4.98 Å². The van der Waals surface area contributed by atoms with E-state index in [1.165, 1.54) is 18.3 Å². The third-order valence-electron chi connectivity index (χ3n) is 3.45. The van der Waals surface area contributed by atoms with Gasteiger partial charge in [0.1, 0.15) is 0 Å². The number of nitrogens with zero attached hydrogens (tertiary/aromatic N) is 2. The van der Waals surface area contributed by atoms with Crippen LogP contribution in [0.15, 0.2) is 18.3 Å². The van der Waals surface area contributed by atoms with Gasteiger partial charge >= 0.3 is 0 Å². The first-order valence-electron chi connectivity index (χ1n) is 5.84. The summed E-state index contributed by atoms with van der Waals surface area (Å²) < 4.78 is 25.3. The van der Waals surface area contributed by atoms with Gasteiger partial charge < -0.3 is 0 Å². The second-order valence-corrected chi connectivity index (χ2v) is 4.53. The molecule has 1 fully saturated rings. The molecule has 0 atom stereocenters. The highest BCUT2D eigenvalue weighted by atomic mass is 19.3. The summed E-state index contributed by atoms with van der Waals surface area (Å²) in [6.45, 7) is 0. The van der Waals surface area contributed by atoms with Gasteiger partial charge in [0.15, 0.2) is 0 Å². The van der Waals surface area contributed by atoms with Gasteiger partial charge in [-0.25, -0.2) is 8.78 Å². The lowest BCUT2D eigenvalue weighted by Gasteiger charge is -2.30. The van der Waals surface area contributed by atoms with E-state index in [0.29, 0.717) is 5.69 Å². The molecule has 1 heterocycles. The van der Waals surface area contributed by atoms with Crippen LogP contribution in [0.25, 0.3) is 0 Å². The van der Waals surface area contributed by atoms with Crippen molar-refractivity contribution in [2.45, 2.75) is 43.9 Å². The van der Waals surface area contributed by atoms with Crippen molar-refractivity contribution < 1.29 is 8.78 Å². The van der Waals surface area contributed by atoms with E-state index in [-0.39, 0.29) is 5.56 Å². The highest BCUT2D eigenvalue weighted by Crippen LogP contribution is 2.38. The van der Waals surface area contributed by atoms with E-state index in [9.17, 15) is 14.0 Å². The number of pyridine rings is 1. The molecule has 1 aromatic rings. The Balaban J connectivity index is 2.37. The van der Waals surface area contributed by atoms with Crippen molar-refractivity contribution >= 4 is 0 Å². The first-order chi connectivity index (χ1) is 8.18. The SMILES string of the molecule is N#CC1(c2cc(C(F)F)ccn2)CCCCC1. The van der Waals surface area contributed by atoms with Crippen LogP contribution in [-0.4, -0.2) is 4.98 Å². The topological polar surface area (TPSA) is 36.7 Å². The number of alkyl halides is 2. The molecule has 1 aliphatic rings. The zero-order chi connectivity index (χ0) is 12.3. The average Bonchev–Trinajstić information content (AvgIpc) is 2.39. The van der Waals surface area contributed by atoms with E-state index in [1.807, 2.05) is 0 Å². The Labute approximate surface area is 99.3 Å². The number of rotatable bonds is 2. The Kier molecular flexibility index (Phi) is 3.37. The minimum Gasteiger partial charge on any atom is -0.260 e. The van der Waals surface area contributed by atoms with Crippen molar-refractivity contribution in [2.24, 2.45) is 0 Å². The van der Waals surface area contributed by atoms with Crippen molar-refractivity contribution in [3.8, 4) is 6.07 Å². The lowest BCUT2D eigenvalue weighted by molar-refractivity contribution is 0.151. The van der Waals surface area contributed by atoms with Crippen molar-refractivity contribution in [1.82, 2.24) is 4.98 Å². The molecular formula is C13H14F2N2. The Morgan fingerprint density at radius 1 is 1.29 bits per heavy atom. The second kappa shape index (κ2) is 4.79. The molecule has 0 spiro atoms. The number of halogens is 2. The first kappa shape index (κ1) is 12.0. The van der Waals surface area contributed by atoms with Gasteiger partial charge in [0.2, 0.25) is 0 Å². The summed E-state index contributed by atoms with van der Waals surface area (Å²) in [5.74, 6) is 0. The predicted molar refractivity (Wildman–Crippen MR) is 59.6 cm³/mol. The smallest absolute Gasteiger partial charge is 0.260 e. The second-order valence-electron chi connectivity index (χ2n) is 4.53. The summed E-state index contributed by atoms with van der Waals surface area (Å²) in [5.41, 5.74) is -0.184. The highest BCUT2D eigenvalue weighted by molar-refractivity contribution is 5.30. The monoisotopic (exact) mass is 236 g/mol. The fourth-order valence-electron chi connectivity index (χ4n) is 2.42. The molecule has 2 rings (SSSR count). The molecule has 0 aromatic carbocycles. The van der Waals surface area contributed by atoms with E-state index < -0.39 is 11.8 Å². The molecule has 0 N–H and O–H groups in total. The molecule has 1 aromatic heterocycles. The number of nitriles is 1. The number of hydrogen-bond acceptors (Lipinski definition) is 2. The van der Waals surface area contributed by atoms with E-state index in [1.54, 1.807) is 0 Å². The molecule has 0 radical (unpaired) electrons. The summed E-state index contributed by atoms with van der Waals surface area (Å²) >= 11 is 0. The van der Waals surface area contributed by atoms with Crippen LogP contribution in [-0.2, 0) is 5.41 Å². The first-order valence-corrected chi connectivity index (χ1v) is 5.84. The summed E-state index contributed by atoms with van der Waals surface area (Å²) in [5, 5.41) is 9.35. The average molecular weight is 236 g/mol. The highest BCUT2D eigenvalue weighted by Gasteiger charge is 2.35. The maximum absolute atomic E-state index is 12.6. The zero-order valence-electron chi connectivity index (χ0n) is 9.50. The molecule has 17 heavy (non-hydrogen) atoms. The molecule has 0 aliphatic heterocycles. The van der Waals surface area contributed by atoms with Crippen LogP contribution < -0.4 is 0 Å². The van der Waals surface area contributed by atoms with Crippen molar-refractivity contribution in [3.05, 3.63) is 29.6 Å².